The maximum atomic E-state index is 8.58. The topological polar surface area (TPSA) is 85.7 Å². The summed E-state index contributed by atoms with van der Waals surface area (Å²) >= 11 is 0. The van der Waals surface area contributed by atoms with Crippen LogP contribution in [0.3, 0.4) is 0 Å². The van der Waals surface area contributed by atoms with Crippen LogP contribution in [0.15, 0.2) is 17.5 Å². The van der Waals surface area contributed by atoms with Crippen molar-refractivity contribution < 1.29 is 9.94 Å². The second-order valence-corrected chi connectivity index (χ2v) is 3.62. The van der Waals surface area contributed by atoms with Crippen molar-refractivity contribution in [3.63, 3.8) is 0 Å². The van der Waals surface area contributed by atoms with Crippen LogP contribution in [-0.2, 0) is 11.3 Å². The van der Waals surface area contributed by atoms with E-state index in [0.717, 1.165) is 26.2 Å². The van der Waals surface area contributed by atoms with Crippen LogP contribution in [0.1, 0.15) is 12.2 Å². The molecule has 2 rings (SSSR count). The van der Waals surface area contributed by atoms with Crippen molar-refractivity contribution in [2.75, 3.05) is 13.2 Å². The Kier molecular flexibility index (Phi) is 2.86. The van der Waals surface area contributed by atoms with Crippen molar-refractivity contribution >= 4 is 5.84 Å². The number of nitrogens with zero attached hydrogens (tertiary/aromatic N) is 3. The third-order valence-corrected chi connectivity index (χ3v) is 2.53. The van der Waals surface area contributed by atoms with E-state index in [0.29, 0.717) is 11.7 Å². The molecule has 2 heterocycles. The van der Waals surface area contributed by atoms with E-state index in [4.69, 9.17) is 15.7 Å². The first-order valence-corrected chi connectivity index (χ1v) is 4.88. The number of hydrogen-bond donors (Lipinski definition) is 2. The Hall–Kier alpha value is -1.56. The van der Waals surface area contributed by atoms with Gasteiger partial charge < -0.3 is 20.2 Å². The minimum absolute atomic E-state index is 0.0407. The fourth-order valence-electron chi connectivity index (χ4n) is 1.74. The molecule has 0 saturated carbocycles. The molecule has 0 radical (unpaired) electrons. The Morgan fingerprint density at radius 3 is 3.33 bits per heavy atom. The van der Waals surface area contributed by atoms with Gasteiger partial charge in [-0.2, -0.15) is 0 Å². The smallest absolute Gasteiger partial charge is 0.206 e. The molecule has 0 spiro atoms. The van der Waals surface area contributed by atoms with Crippen molar-refractivity contribution in [1.82, 2.24) is 9.55 Å². The van der Waals surface area contributed by atoms with E-state index < -0.39 is 0 Å². The maximum Gasteiger partial charge on any atom is 0.206 e. The largest absolute Gasteiger partial charge is 0.409 e. The van der Waals surface area contributed by atoms with Gasteiger partial charge in [-0.25, -0.2) is 4.98 Å². The third-order valence-electron chi connectivity index (χ3n) is 2.53. The van der Waals surface area contributed by atoms with Crippen molar-refractivity contribution in [2.24, 2.45) is 16.8 Å². The summed E-state index contributed by atoms with van der Waals surface area (Å²) in [6.45, 7) is 2.39. The van der Waals surface area contributed by atoms with Crippen LogP contribution in [0.2, 0.25) is 0 Å². The van der Waals surface area contributed by atoms with Gasteiger partial charge in [0.15, 0.2) is 5.82 Å². The van der Waals surface area contributed by atoms with Gasteiger partial charge in [0.05, 0.1) is 6.61 Å². The average Bonchev–Trinajstić information content (AvgIpc) is 2.88. The molecule has 0 aromatic carbocycles. The summed E-state index contributed by atoms with van der Waals surface area (Å²) in [7, 11) is 0. The van der Waals surface area contributed by atoms with Gasteiger partial charge in [-0.15, -0.1) is 0 Å². The first kappa shape index (κ1) is 9.97. The highest BCUT2D eigenvalue weighted by atomic mass is 16.5. The molecule has 1 fully saturated rings. The van der Waals surface area contributed by atoms with Crippen LogP contribution in [0.4, 0.5) is 0 Å². The second kappa shape index (κ2) is 4.31. The zero-order valence-electron chi connectivity index (χ0n) is 8.33. The Labute approximate surface area is 87.4 Å². The van der Waals surface area contributed by atoms with Crippen molar-refractivity contribution in [3.8, 4) is 0 Å². The van der Waals surface area contributed by atoms with Crippen molar-refractivity contribution in [1.29, 1.82) is 0 Å². The first-order chi connectivity index (χ1) is 7.31. The zero-order valence-corrected chi connectivity index (χ0v) is 8.33. The highest BCUT2D eigenvalue weighted by Crippen LogP contribution is 2.15. The molecular weight excluding hydrogens is 196 g/mol. The molecule has 82 valence electrons. The molecule has 1 atom stereocenters. The highest BCUT2D eigenvalue weighted by molar-refractivity contribution is 5.93. The van der Waals surface area contributed by atoms with Crippen molar-refractivity contribution in [3.05, 3.63) is 18.2 Å². The van der Waals surface area contributed by atoms with Crippen LogP contribution >= 0.6 is 0 Å². The summed E-state index contributed by atoms with van der Waals surface area (Å²) in [5.74, 6) is 1.03. The molecule has 1 aliphatic rings. The maximum absolute atomic E-state index is 8.58. The van der Waals surface area contributed by atoms with Gasteiger partial charge in [0.25, 0.3) is 0 Å². The van der Waals surface area contributed by atoms with E-state index in [1.54, 1.807) is 6.20 Å². The van der Waals surface area contributed by atoms with E-state index >= 15 is 0 Å². The Bertz CT molecular complexity index is 355. The normalized spacial score (nSPS) is 22.1. The van der Waals surface area contributed by atoms with E-state index in [9.17, 15) is 0 Å². The lowest BCUT2D eigenvalue weighted by Gasteiger charge is -2.10. The van der Waals surface area contributed by atoms with Crippen LogP contribution in [-0.4, -0.2) is 33.8 Å². The minimum atomic E-state index is 0.0407. The lowest BCUT2D eigenvalue weighted by molar-refractivity contribution is 0.182. The number of nitrogens with two attached hydrogens (primary N) is 1. The lowest BCUT2D eigenvalue weighted by atomic mass is 10.1. The molecule has 15 heavy (non-hydrogen) atoms. The molecule has 1 unspecified atom stereocenters. The summed E-state index contributed by atoms with van der Waals surface area (Å²) in [5.41, 5.74) is 5.50. The van der Waals surface area contributed by atoms with Gasteiger partial charge in [-0.1, -0.05) is 5.16 Å². The monoisotopic (exact) mass is 210 g/mol. The van der Waals surface area contributed by atoms with Crippen molar-refractivity contribution in [2.45, 2.75) is 13.0 Å². The number of hydrogen-bond acceptors (Lipinski definition) is 4. The quantitative estimate of drug-likeness (QED) is 0.318. The Balaban J connectivity index is 2.10. The van der Waals surface area contributed by atoms with Gasteiger partial charge in [0.1, 0.15) is 0 Å². The SMILES string of the molecule is NC(=NO)c1nccn1CC1CCOC1. The second-order valence-electron chi connectivity index (χ2n) is 3.62. The summed E-state index contributed by atoms with van der Waals surface area (Å²) in [5, 5.41) is 11.5. The molecule has 1 saturated heterocycles. The molecular formula is C9H14N4O2. The molecule has 3 N–H and O–H groups in total. The van der Waals surface area contributed by atoms with Gasteiger partial charge in [0.2, 0.25) is 5.84 Å². The van der Waals surface area contributed by atoms with Gasteiger partial charge in [-0.05, 0) is 6.42 Å². The average molecular weight is 210 g/mol. The fraction of sp³-hybridized carbons (Fsp3) is 0.556. The van der Waals surface area contributed by atoms with Crippen LogP contribution in [0.5, 0.6) is 0 Å². The molecule has 1 aliphatic heterocycles. The number of oxime groups is 1. The molecule has 0 bridgehead atoms. The summed E-state index contributed by atoms with van der Waals surface area (Å²) < 4.78 is 7.17. The van der Waals surface area contributed by atoms with E-state index in [1.165, 1.54) is 0 Å². The Morgan fingerprint density at radius 1 is 1.80 bits per heavy atom. The third kappa shape index (κ3) is 2.10. The van der Waals surface area contributed by atoms with Crippen LogP contribution < -0.4 is 5.73 Å². The standard InChI is InChI=1S/C9H14N4O2/c10-8(12-14)9-11-2-3-13(9)5-7-1-4-15-6-7/h2-3,7,14H,1,4-6H2,(H2,10,12). The van der Waals surface area contributed by atoms with Crippen LogP contribution in [0, 0.1) is 5.92 Å². The lowest BCUT2D eigenvalue weighted by Crippen LogP contribution is -2.22. The number of rotatable bonds is 3. The molecule has 6 heteroatoms. The predicted octanol–water partition coefficient (Wildman–Crippen LogP) is 0.0141. The molecule has 0 amide bonds. The summed E-state index contributed by atoms with van der Waals surface area (Å²) in [6, 6.07) is 0. The predicted molar refractivity (Wildman–Crippen MR) is 53.7 cm³/mol. The molecule has 1 aromatic rings. The fourth-order valence-corrected chi connectivity index (χ4v) is 1.74. The number of imidazole rings is 1. The van der Waals surface area contributed by atoms with Gasteiger partial charge in [0, 0.05) is 31.5 Å². The van der Waals surface area contributed by atoms with Gasteiger partial charge >= 0.3 is 0 Å². The van der Waals surface area contributed by atoms with E-state index in [-0.39, 0.29) is 5.84 Å². The van der Waals surface area contributed by atoms with Crippen LogP contribution in [0.25, 0.3) is 0 Å². The summed E-state index contributed by atoms with van der Waals surface area (Å²) in [6.07, 6.45) is 4.52. The number of ether oxygens (including phenoxy) is 1. The molecule has 1 aromatic heterocycles. The highest BCUT2D eigenvalue weighted by Gasteiger charge is 2.18. The Morgan fingerprint density at radius 2 is 2.67 bits per heavy atom. The van der Waals surface area contributed by atoms with E-state index in [1.807, 2.05) is 10.8 Å². The molecule has 0 aliphatic carbocycles. The first-order valence-electron chi connectivity index (χ1n) is 4.88. The number of aromatic nitrogens is 2. The summed E-state index contributed by atoms with van der Waals surface area (Å²) in [4.78, 5) is 4.04. The number of amidine groups is 1. The van der Waals surface area contributed by atoms with Gasteiger partial charge in [-0.3, -0.25) is 0 Å². The molecule has 6 nitrogen and oxygen atoms in total. The van der Waals surface area contributed by atoms with E-state index in [2.05, 4.69) is 10.1 Å². The zero-order chi connectivity index (χ0) is 10.7. The minimum Gasteiger partial charge on any atom is -0.409 e.